The van der Waals surface area contributed by atoms with Crippen molar-refractivity contribution in [3.63, 3.8) is 0 Å². The third kappa shape index (κ3) is 5.51. The van der Waals surface area contributed by atoms with Gasteiger partial charge in [-0.3, -0.25) is 0 Å². The Labute approximate surface area is 321 Å². The Kier molecular flexibility index (Phi) is 7.88. The predicted molar refractivity (Wildman–Crippen MR) is 232 cm³/mol. The number of aromatic nitrogens is 2. The van der Waals surface area contributed by atoms with Crippen LogP contribution in [0.4, 0.5) is 0 Å². The van der Waals surface area contributed by atoms with Gasteiger partial charge in [0, 0.05) is 44.9 Å². The topological polar surface area (TPSA) is 19.1 Å². The molecule has 0 atom stereocenters. The van der Waals surface area contributed by atoms with Crippen molar-refractivity contribution in [2.75, 3.05) is 0 Å². The fourth-order valence-corrected chi connectivity index (χ4v) is 8.64. The first-order chi connectivity index (χ1) is 27.1. The lowest BCUT2D eigenvalue weighted by atomic mass is 9.95. The molecule has 0 amide bonds. The first kappa shape index (κ1) is 32.8. The Morgan fingerprint density at radius 1 is 0.436 bits per heavy atom. The normalized spacial score (nSPS) is 12.1. The summed E-state index contributed by atoms with van der Waals surface area (Å²) < 4.78 is 11.3. The Bertz CT molecular complexity index is 2940. The highest BCUT2D eigenvalue weighted by molar-refractivity contribution is 6.11. The van der Waals surface area contributed by atoms with Crippen molar-refractivity contribution in [2.24, 2.45) is 0 Å². The van der Waals surface area contributed by atoms with Crippen LogP contribution in [0.1, 0.15) is 27.8 Å². The summed E-state index contributed by atoms with van der Waals surface area (Å²) in [7, 11) is 0. The van der Waals surface area contributed by atoms with Gasteiger partial charge < -0.3 is 13.9 Å². The van der Waals surface area contributed by atoms with Crippen LogP contribution in [0.2, 0.25) is 0 Å². The summed E-state index contributed by atoms with van der Waals surface area (Å²) in [6.45, 7) is 12.0. The quantitative estimate of drug-likeness (QED) is 0.137. The molecule has 0 bridgehead atoms. The smallest absolute Gasteiger partial charge is 0.131 e. The second-order valence-corrected chi connectivity index (χ2v) is 14.7. The van der Waals surface area contributed by atoms with E-state index in [1.165, 1.54) is 82.6 Å². The van der Waals surface area contributed by atoms with E-state index in [0.29, 0.717) is 0 Å². The Morgan fingerprint density at radius 3 is 1.45 bits per heavy atom. The molecule has 0 saturated carbocycles. The molecule has 0 N–H and O–H groups in total. The summed E-state index contributed by atoms with van der Waals surface area (Å²) in [6.07, 6.45) is 9.23. The maximum absolute atomic E-state index is 6.58. The molecule has 1 aliphatic heterocycles. The number of fused-ring (bicyclic) bond motifs is 8. The van der Waals surface area contributed by atoms with Crippen LogP contribution in [-0.2, 0) is 25.7 Å². The third-order valence-electron chi connectivity index (χ3n) is 11.2. The minimum atomic E-state index is 0.789. The first-order valence-corrected chi connectivity index (χ1v) is 19.1. The number of benzene rings is 7. The van der Waals surface area contributed by atoms with Gasteiger partial charge in [0.1, 0.15) is 11.5 Å². The lowest BCUT2D eigenvalue weighted by Crippen LogP contribution is -2.05. The highest BCUT2D eigenvalue weighted by Crippen LogP contribution is 2.42. The van der Waals surface area contributed by atoms with Crippen molar-refractivity contribution < 1.29 is 4.74 Å². The SMILES string of the molecule is C=CCc1ccc2c(c1)c1cc(CC=C)ccc1n2-c1ccc2c(c1)Cc1cc(-c3ccc4c(c3)c3cc(CC=C)ccc3n4-c3ccccc3)ccc1O2. The number of nitrogens with zero attached hydrogens (tertiary/aromatic N) is 2. The van der Waals surface area contributed by atoms with E-state index in [1.54, 1.807) is 0 Å². The molecule has 1 aliphatic rings. The van der Waals surface area contributed by atoms with E-state index in [-0.39, 0.29) is 0 Å². The van der Waals surface area contributed by atoms with E-state index in [1.807, 2.05) is 18.2 Å². The van der Waals surface area contributed by atoms with Crippen LogP contribution in [0.5, 0.6) is 11.5 Å². The number of hydrogen-bond donors (Lipinski definition) is 0. The number of allylic oxidation sites excluding steroid dienone is 3. The van der Waals surface area contributed by atoms with Gasteiger partial charge >= 0.3 is 0 Å². The molecule has 9 aromatic rings. The van der Waals surface area contributed by atoms with Gasteiger partial charge in [0.25, 0.3) is 0 Å². The minimum Gasteiger partial charge on any atom is -0.457 e. The summed E-state index contributed by atoms with van der Waals surface area (Å²) in [5.74, 6) is 1.83. The second kappa shape index (κ2) is 13.2. The molecule has 10 rings (SSSR count). The number of para-hydroxylation sites is 1. The molecule has 0 saturated heterocycles. The van der Waals surface area contributed by atoms with Gasteiger partial charge in [-0.2, -0.15) is 0 Å². The molecule has 264 valence electrons. The minimum absolute atomic E-state index is 0.789. The molecule has 3 nitrogen and oxygen atoms in total. The van der Waals surface area contributed by atoms with Crippen molar-refractivity contribution >= 4 is 43.6 Å². The average molecular weight is 709 g/mol. The monoisotopic (exact) mass is 708 g/mol. The Morgan fingerprint density at radius 2 is 0.891 bits per heavy atom. The van der Waals surface area contributed by atoms with Crippen LogP contribution in [0, 0.1) is 0 Å². The molecule has 0 aliphatic carbocycles. The van der Waals surface area contributed by atoms with Crippen LogP contribution in [-0.4, -0.2) is 9.13 Å². The third-order valence-corrected chi connectivity index (χ3v) is 11.2. The lowest BCUT2D eigenvalue weighted by molar-refractivity contribution is 0.460. The molecular formula is C52H40N2O. The molecule has 0 spiro atoms. The van der Waals surface area contributed by atoms with E-state index >= 15 is 0 Å². The Balaban J connectivity index is 1.05. The summed E-state index contributed by atoms with van der Waals surface area (Å²) in [4.78, 5) is 0. The first-order valence-electron chi connectivity index (χ1n) is 19.1. The Hall–Kier alpha value is -6.84. The van der Waals surface area contributed by atoms with Crippen LogP contribution >= 0.6 is 0 Å². The van der Waals surface area contributed by atoms with Crippen molar-refractivity contribution in [3.8, 4) is 34.0 Å². The van der Waals surface area contributed by atoms with Gasteiger partial charge in [0.05, 0.1) is 22.1 Å². The van der Waals surface area contributed by atoms with Crippen molar-refractivity contribution in [2.45, 2.75) is 25.7 Å². The summed E-state index contributed by atoms with van der Waals surface area (Å²) in [5.41, 5.74) is 15.6. The van der Waals surface area contributed by atoms with Crippen LogP contribution < -0.4 is 4.74 Å². The zero-order chi connectivity index (χ0) is 37.0. The van der Waals surface area contributed by atoms with Crippen LogP contribution in [0.25, 0.3) is 66.1 Å². The highest BCUT2D eigenvalue weighted by Gasteiger charge is 2.21. The highest BCUT2D eigenvalue weighted by atomic mass is 16.5. The molecule has 3 heteroatoms. The van der Waals surface area contributed by atoms with Gasteiger partial charge in [-0.15, -0.1) is 19.7 Å². The summed E-state index contributed by atoms with van der Waals surface area (Å²) in [5, 5.41) is 5.00. The summed E-state index contributed by atoms with van der Waals surface area (Å²) in [6, 6.07) is 51.2. The number of hydrogen-bond acceptors (Lipinski definition) is 1. The van der Waals surface area contributed by atoms with Crippen LogP contribution in [0.15, 0.2) is 177 Å². The standard InChI is InChI=1S/C52H40N2O/c1-4-10-34-16-22-48-43(27-34)44-28-35(11-5-2)17-23-49(44)54(48)42-20-26-52-40(32-42)31-39-30-37(19-25-51(39)55-52)38-18-24-50-46(33-38)45-29-36(12-6-3)15-21-47(45)53(50)41-13-8-7-9-14-41/h4-9,13-30,32-33H,1-3,10-12,31H2. The molecule has 7 aromatic carbocycles. The van der Waals surface area contributed by atoms with E-state index in [2.05, 4.69) is 168 Å². The lowest BCUT2D eigenvalue weighted by Gasteiger charge is -2.22. The van der Waals surface area contributed by atoms with E-state index in [4.69, 9.17) is 4.74 Å². The van der Waals surface area contributed by atoms with E-state index < -0.39 is 0 Å². The largest absolute Gasteiger partial charge is 0.457 e. The molecule has 0 unspecified atom stereocenters. The van der Waals surface area contributed by atoms with Gasteiger partial charge in [0.2, 0.25) is 0 Å². The number of rotatable bonds is 9. The second-order valence-electron chi connectivity index (χ2n) is 14.7. The molecule has 3 heterocycles. The van der Waals surface area contributed by atoms with Gasteiger partial charge in [-0.1, -0.05) is 66.8 Å². The molecule has 55 heavy (non-hydrogen) atoms. The zero-order valence-electron chi connectivity index (χ0n) is 30.8. The molecule has 0 radical (unpaired) electrons. The van der Waals surface area contributed by atoms with Crippen molar-refractivity contribution in [1.82, 2.24) is 9.13 Å². The van der Waals surface area contributed by atoms with Crippen molar-refractivity contribution in [1.29, 1.82) is 0 Å². The fourth-order valence-electron chi connectivity index (χ4n) is 8.64. The van der Waals surface area contributed by atoms with E-state index in [9.17, 15) is 0 Å². The molecule has 0 fully saturated rings. The fraction of sp³-hybridized carbons (Fsp3) is 0.0769. The van der Waals surface area contributed by atoms with Crippen molar-refractivity contribution in [3.05, 3.63) is 205 Å². The van der Waals surface area contributed by atoms with E-state index in [0.717, 1.165) is 48.6 Å². The maximum Gasteiger partial charge on any atom is 0.131 e. The number of ether oxygens (including phenoxy) is 1. The molecule has 2 aromatic heterocycles. The van der Waals surface area contributed by atoms with Gasteiger partial charge in [-0.25, -0.2) is 0 Å². The maximum atomic E-state index is 6.58. The zero-order valence-corrected chi connectivity index (χ0v) is 30.8. The molecular weight excluding hydrogens is 669 g/mol. The predicted octanol–water partition coefficient (Wildman–Crippen LogP) is 13.4. The average Bonchev–Trinajstić information content (AvgIpc) is 3.72. The van der Waals surface area contributed by atoms with Gasteiger partial charge in [0.15, 0.2) is 0 Å². The van der Waals surface area contributed by atoms with Gasteiger partial charge in [-0.05, 0) is 144 Å². The summed E-state index contributed by atoms with van der Waals surface area (Å²) >= 11 is 0. The van der Waals surface area contributed by atoms with Crippen LogP contribution in [0.3, 0.4) is 0 Å².